The van der Waals surface area contributed by atoms with E-state index in [9.17, 15) is 0 Å². The topological polar surface area (TPSA) is 12.0 Å². The molecule has 0 spiro atoms. The molecule has 0 bridgehead atoms. The third-order valence-corrected chi connectivity index (χ3v) is 3.55. The van der Waals surface area contributed by atoms with Crippen LogP contribution in [0, 0.1) is 6.92 Å². The Kier molecular flexibility index (Phi) is 4.24. The van der Waals surface area contributed by atoms with E-state index in [1.807, 2.05) is 6.07 Å². The fraction of sp³-hybridized carbons (Fsp3) is 0.143. The van der Waals surface area contributed by atoms with E-state index in [0.29, 0.717) is 0 Å². The Labute approximate surface area is 119 Å². The second-order valence-electron chi connectivity index (χ2n) is 3.94. The van der Waals surface area contributed by atoms with Crippen LogP contribution < -0.4 is 5.32 Å². The molecule has 0 amide bonds. The van der Waals surface area contributed by atoms with E-state index in [1.54, 1.807) is 0 Å². The Bertz CT molecular complexity index is 523. The molecule has 2 aromatic carbocycles. The number of nitrogens with one attached hydrogen (secondary N) is 1. The lowest BCUT2D eigenvalue weighted by molar-refractivity contribution is 1.14. The maximum absolute atomic E-state index is 3.48. The highest BCUT2D eigenvalue weighted by atomic mass is 79.9. The largest absolute Gasteiger partial charge is 0.381 e. The number of anilines is 1. The van der Waals surface area contributed by atoms with Gasteiger partial charge in [0.1, 0.15) is 0 Å². The maximum Gasteiger partial charge on any atom is 0.0401 e. The van der Waals surface area contributed by atoms with E-state index in [-0.39, 0.29) is 0 Å². The zero-order chi connectivity index (χ0) is 12.3. The van der Waals surface area contributed by atoms with E-state index in [0.717, 1.165) is 15.5 Å². The summed E-state index contributed by atoms with van der Waals surface area (Å²) in [6.45, 7) is 2.94. The van der Waals surface area contributed by atoms with Crippen LogP contribution in [0.4, 0.5) is 5.69 Å². The Hall–Kier alpha value is -0.800. The molecule has 3 heteroatoms. The first-order valence-electron chi connectivity index (χ1n) is 5.39. The van der Waals surface area contributed by atoms with Crippen molar-refractivity contribution in [1.82, 2.24) is 0 Å². The lowest BCUT2D eigenvalue weighted by atomic mass is 10.2. The average molecular weight is 355 g/mol. The number of halogens is 2. The summed E-state index contributed by atoms with van der Waals surface area (Å²) in [5.74, 6) is 0. The van der Waals surface area contributed by atoms with Gasteiger partial charge in [-0.25, -0.2) is 0 Å². The summed E-state index contributed by atoms with van der Waals surface area (Å²) in [5.41, 5.74) is 3.68. The minimum Gasteiger partial charge on any atom is -0.381 e. The zero-order valence-electron chi connectivity index (χ0n) is 9.50. The van der Waals surface area contributed by atoms with Gasteiger partial charge in [-0.3, -0.25) is 0 Å². The lowest BCUT2D eigenvalue weighted by Crippen LogP contribution is -2.00. The van der Waals surface area contributed by atoms with Gasteiger partial charge in [-0.2, -0.15) is 0 Å². The summed E-state index contributed by atoms with van der Waals surface area (Å²) in [7, 11) is 0. The zero-order valence-corrected chi connectivity index (χ0v) is 12.7. The van der Waals surface area contributed by atoms with Gasteiger partial charge in [0.25, 0.3) is 0 Å². The van der Waals surface area contributed by atoms with Crippen LogP contribution in [0.5, 0.6) is 0 Å². The van der Waals surface area contributed by atoms with Crippen LogP contribution in [0.3, 0.4) is 0 Å². The fourth-order valence-corrected chi connectivity index (χ4v) is 2.59. The first-order chi connectivity index (χ1) is 8.15. The molecule has 0 fully saturated rings. The van der Waals surface area contributed by atoms with E-state index < -0.39 is 0 Å². The normalized spacial score (nSPS) is 10.3. The molecular formula is C14H13Br2N. The lowest BCUT2D eigenvalue weighted by Gasteiger charge is -2.10. The highest BCUT2D eigenvalue weighted by molar-refractivity contribution is 9.10. The predicted molar refractivity (Wildman–Crippen MR) is 80.3 cm³/mol. The van der Waals surface area contributed by atoms with Gasteiger partial charge in [-0.15, -0.1) is 0 Å². The Balaban J connectivity index is 2.07. The monoisotopic (exact) mass is 353 g/mol. The van der Waals surface area contributed by atoms with E-state index in [2.05, 4.69) is 80.5 Å². The van der Waals surface area contributed by atoms with Crippen molar-refractivity contribution in [2.24, 2.45) is 0 Å². The highest BCUT2D eigenvalue weighted by Gasteiger charge is 1.99. The van der Waals surface area contributed by atoms with Gasteiger partial charge in [0.05, 0.1) is 0 Å². The number of hydrogen-bond acceptors (Lipinski definition) is 1. The summed E-state index contributed by atoms with van der Waals surface area (Å²) in [6.07, 6.45) is 0. The van der Waals surface area contributed by atoms with Gasteiger partial charge in [-0.1, -0.05) is 44.0 Å². The van der Waals surface area contributed by atoms with Gasteiger partial charge in [0.2, 0.25) is 0 Å². The Morgan fingerprint density at radius 2 is 1.76 bits per heavy atom. The third kappa shape index (κ3) is 3.58. The van der Waals surface area contributed by atoms with Crippen LogP contribution >= 0.6 is 31.9 Å². The molecule has 0 saturated carbocycles. The van der Waals surface area contributed by atoms with Crippen molar-refractivity contribution in [3.05, 3.63) is 62.5 Å². The van der Waals surface area contributed by atoms with Crippen LogP contribution in [0.1, 0.15) is 11.1 Å². The minimum atomic E-state index is 0.835. The highest BCUT2D eigenvalue weighted by Crippen LogP contribution is 2.21. The third-order valence-electron chi connectivity index (χ3n) is 2.56. The Morgan fingerprint density at radius 1 is 1.00 bits per heavy atom. The predicted octanol–water partition coefficient (Wildman–Crippen LogP) is 5.13. The summed E-state index contributed by atoms with van der Waals surface area (Å²) < 4.78 is 2.23. The van der Waals surface area contributed by atoms with Crippen LogP contribution in [-0.4, -0.2) is 0 Å². The van der Waals surface area contributed by atoms with E-state index >= 15 is 0 Å². The minimum absolute atomic E-state index is 0.835. The first kappa shape index (κ1) is 12.7. The second kappa shape index (κ2) is 5.69. The molecule has 0 atom stereocenters. The summed E-state index contributed by atoms with van der Waals surface area (Å²) in [5, 5.41) is 3.44. The molecule has 0 aliphatic heterocycles. The van der Waals surface area contributed by atoms with E-state index in [4.69, 9.17) is 0 Å². The van der Waals surface area contributed by atoms with Crippen LogP contribution in [0.15, 0.2) is 51.4 Å². The molecule has 2 rings (SSSR count). The second-order valence-corrected chi connectivity index (χ2v) is 5.77. The summed E-state index contributed by atoms with van der Waals surface area (Å²) >= 11 is 6.95. The number of hydrogen-bond donors (Lipinski definition) is 1. The van der Waals surface area contributed by atoms with Gasteiger partial charge in [0, 0.05) is 21.2 Å². The molecule has 1 N–H and O–H groups in total. The summed E-state index contributed by atoms with van der Waals surface area (Å²) in [6, 6.07) is 14.6. The van der Waals surface area contributed by atoms with Crippen molar-refractivity contribution in [3.63, 3.8) is 0 Å². The molecule has 0 aliphatic carbocycles. The molecule has 1 nitrogen and oxygen atoms in total. The average Bonchev–Trinajstić information content (AvgIpc) is 2.28. The first-order valence-corrected chi connectivity index (χ1v) is 6.98. The van der Waals surface area contributed by atoms with Crippen molar-refractivity contribution in [2.75, 3.05) is 5.32 Å². The molecule has 0 aliphatic rings. The molecule has 0 saturated heterocycles. The molecule has 2 aromatic rings. The molecule has 0 radical (unpaired) electrons. The quantitative estimate of drug-likeness (QED) is 0.805. The SMILES string of the molecule is Cc1cc(Br)ccc1NCc1cccc(Br)c1. The van der Waals surface area contributed by atoms with Crippen LogP contribution in [-0.2, 0) is 6.54 Å². The van der Waals surface area contributed by atoms with Crippen molar-refractivity contribution in [3.8, 4) is 0 Å². The van der Waals surface area contributed by atoms with Crippen molar-refractivity contribution >= 4 is 37.5 Å². The molecule has 0 heterocycles. The van der Waals surface area contributed by atoms with Crippen molar-refractivity contribution in [2.45, 2.75) is 13.5 Å². The number of benzene rings is 2. The Morgan fingerprint density at radius 3 is 2.47 bits per heavy atom. The van der Waals surface area contributed by atoms with Crippen molar-refractivity contribution in [1.29, 1.82) is 0 Å². The van der Waals surface area contributed by atoms with E-state index in [1.165, 1.54) is 16.8 Å². The van der Waals surface area contributed by atoms with Crippen molar-refractivity contribution < 1.29 is 0 Å². The molecule has 88 valence electrons. The molecule has 0 aromatic heterocycles. The van der Waals surface area contributed by atoms with Gasteiger partial charge < -0.3 is 5.32 Å². The van der Waals surface area contributed by atoms with Crippen LogP contribution in [0.2, 0.25) is 0 Å². The molecule has 0 unspecified atom stereocenters. The fourth-order valence-electron chi connectivity index (χ4n) is 1.67. The summed E-state index contributed by atoms with van der Waals surface area (Å²) in [4.78, 5) is 0. The van der Waals surface area contributed by atoms with Gasteiger partial charge in [0.15, 0.2) is 0 Å². The number of aryl methyl sites for hydroxylation is 1. The molecular weight excluding hydrogens is 342 g/mol. The van der Waals surface area contributed by atoms with Gasteiger partial charge in [-0.05, 0) is 48.4 Å². The smallest absolute Gasteiger partial charge is 0.0401 e. The standard InChI is InChI=1S/C14H13Br2N/c1-10-7-13(16)5-6-14(10)17-9-11-3-2-4-12(15)8-11/h2-8,17H,9H2,1H3. The van der Waals surface area contributed by atoms with Gasteiger partial charge >= 0.3 is 0 Å². The maximum atomic E-state index is 3.48. The van der Waals surface area contributed by atoms with Crippen LogP contribution in [0.25, 0.3) is 0 Å². The number of rotatable bonds is 3. The molecule has 17 heavy (non-hydrogen) atoms.